The Kier molecular flexibility index (Phi) is 3.51. The third kappa shape index (κ3) is 3.09. The van der Waals surface area contributed by atoms with Crippen LogP contribution in [0.15, 0.2) is 24.3 Å². The van der Waals surface area contributed by atoms with Crippen molar-refractivity contribution in [3.8, 4) is 5.75 Å². The van der Waals surface area contributed by atoms with Crippen LogP contribution in [0.5, 0.6) is 5.75 Å². The Bertz CT molecular complexity index is 318. The molecule has 3 heteroatoms. The van der Waals surface area contributed by atoms with E-state index in [1.165, 1.54) is 12.1 Å². The van der Waals surface area contributed by atoms with Gasteiger partial charge in [0.15, 0.2) is 5.75 Å². The van der Waals surface area contributed by atoms with E-state index in [1.54, 1.807) is 12.1 Å². The summed E-state index contributed by atoms with van der Waals surface area (Å²) in [6.07, 6.45) is 0. The average molecular weight is 193 g/mol. The van der Waals surface area contributed by atoms with Gasteiger partial charge in [-0.15, -0.1) is 0 Å². The Morgan fingerprint density at radius 2 is 2.14 bits per heavy atom. The first-order chi connectivity index (χ1) is 6.59. The lowest BCUT2D eigenvalue weighted by Gasteiger charge is -2.06. The molecule has 0 saturated carbocycles. The van der Waals surface area contributed by atoms with E-state index in [9.17, 15) is 9.90 Å². The van der Waals surface area contributed by atoms with E-state index in [0.29, 0.717) is 18.1 Å². The summed E-state index contributed by atoms with van der Waals surface area (Å²) < 4.78 is 4.97. The molecule has 0 aliphatic carbocycles. The van der Waals surface area contributed by atoms with Crippen molar-refractivity contribution in [1.82, 2.24) is 0 Å². The summed E-state index contributed by atoms with van der Waals surface area (Å²) in [6, 6.07) is 5.81. The highest BCUT2D eigenvalue weighted by Crippen LogP contribution is 2.12. The largest absolute Gasteiger partial charge is 0.462 e. The number of rotatable bonds is 3. The molecule has 1 rings (SSSR count). The van der Waals surface area contributed by atoms with Crippen molar-refractivity contribution in [1.29, 1.82) is 0 Å². The zero-order valence-corrected chi connectivity index (χ0v) is 8.32. The summed E-state index contributed by atoms with van der Waals surface area (Å²) in [6.45, 7) is 4.29. The minimum Gasteiger partial charge on any atom is -0.462 e. The van der Waals surface area contributed by atoms with Crippen molar-refractivity contribution in [3.05, 3.63) is 29.8 Å². The first-order valence-corrected chi connectivity index (χ1v) is 4.54. The van der Waals surface area contributed by atoms with Crippen LogP contribution < -0.4 is 0 Å². The molecule has 0 aliphatic rings. The predicted octanol–water partition coefficient (Wildman–Crippen LogP) is 2.64. The average Bonchev–Trinajstić information content (AvgIpc) is 2.14. The molecule has 0 N–H and O–H groups in total. The maximum Gasteiger partial charge on any atom is 0.338 e. The van der Waals surface area contributed by atoms with Gasteiger partial charge < -0.3 is 4.74 Å². The molecule has 0 heterocycles. The summed E-state index contributed by atoms with van der Waals surface area (Å²) in [5.74, 6) is -0.310. The molecular formula is C11H13O3. The van der Waals surface area contributed by atoms with Crippen LogP contribution in [-0.4, -0.2) is 12.6 Å². The summed E-state index contributed by atoms with van der Waals surface area (Å²) in [5, 5.41) is 10.9. The quantitative estimate of drug-likeness (QED) is 0.693. The first-order valence-electron chi connectivity index (χ1n) is 4.54. The van der Waals surface area contributed by atoms with Gasteiger partial charge in [-0.1, -0.05) is 19.9 Å². The molecule has 1 aromatic rings. The third-order valence-corrected chi connectivity index (χ3v) is 1.62. The Labute approximate surface area is 83.3 Å². The maximum absolute atomic E-state index is 11.3. The van der Waals surface area contributed by atoms with Crippen LogP contribution in [0.25, 0.3) is 0 Å². The van der Waals surface area contributed by atoms with Gasteiger partial charge in [0, 0.05) is 0 Å². The van der Waals surface area contributed by atoms with Gasteiger partial charge in [-0.05, 0) is 24.1 Å². The highest BCUT2D eigenvalue weighted by atomic mass is 16.5. The number of hydrogen-bond acceptors (Lipinski definition) is 2. The molecule has 0 aromatic heterocycles. The Morgan fingerprint density at radius 3 is 2.71 bits per heavy atom. The fourth-order valence-electron chi connectivity index (χ4n) is 0.949. The molecule has 3 nitrogen and oxygen atoms in total. The molecule has 0 atom stereocenters. The van der Waals surface area contributed by atoms with Crippen molar-refractivity contribution in [2.45, 2.75) is 13.8 Å². The molecule has 0 amide bonds. The molecular weight excluding hydrogens is 180 g/mol. The monoisotopic (exact) mass is 193 g/mol. The summed E-state index contributed by atoms with van der Waals surface area (Å²) in [5.41, 5.74) is 0.318. The van der Waals surface area contributed by atoms with Gasteiger partial charge in [0.1, 0.15) is 0 Å². The van der Waals surface area contributed by atoms with E-state index in [4.69, 9.17) is 4.74 Å². The third-order valence-electron chi connectivity index (χ3n) is 1.62. The highest BCUT2D eigenvalue weighted by molar-refractivity contribution is 5.89. The van der Waals surface area contributed by atoms with Crippen LogP contribution in [0.4, 0.5) is 0 Å². The molecule has 1 aromatic carbocycles. The van der Waals surface area contributed by atoms with Crippen molar-refractivity contribution in [2.75, 3.05) is 6.61 Å². The molecule has 0 bridgehead atoms. The second kappa shape index (κ2) is 4.65. The van der Waals surface area contributed by atoms with E-state index in [1.807, 2.05) is 13.8 Å². The fourth-order valence-corrected chi connectivity index (χ4v) is 0.949. The van der Waals surface area contributed by atoms with E-state index in [2.05, 4.69) is 0 Å². The summed E-state index contributed by atoms with van der Waals surface area (Å²) in [4.78, 5) is 11.3. The van der Waals surface area contributed by atoms with Crippen molar-refractivity contribution < 1.29 is 14.6 Å². The number of esters is 1. The molecule has 75 valence electrons. The fraction of sp³-hybridized carbons (Fsp3) is 0.364. The molecule has 14 heavy (non-hydrogen) atoms. The predicted molar refractivity (Wildman–Crippen MR) is 51.7 cm³/mol. The van der Waals surface area contributed by atoms with E-state index >= 15 is 0 Å². The smallest absolute Gasteiger partial charge is 0.338 e. The zero-order valence-electron chi connectivity index (χ0n) is 8.32. The van der Waals surface area contributed by atoms with Crippen LogP contribution in [0, 0.1) is 5.92 Å². The topological polar surface area (TPSA) is 46.2 Å². The Balaban J connectivity index is 2.61. The van der Waals surface area contributed by atoms with Gasteiger partial charge in [-0.25, -0.2) is 4.79 Å². The lowest BCUT2D eigenvalue weighted by Crippen LogP contribution is -2.09. The van der Waals surface area contributed by atoms with Crippen LogP contribution in [-0.2, 0) is 9.84 Å². The maximum atomic E-state index is 11.3. The van der Waals surface area contributed by atoms with Gasteiger partial charge >= 0.3 is 5.97 Å². The van der Waals surface area contributed by atoms with Gasteiger partial charge in [0.2, 0.25) is 0 Å². The van der Waals surface area contributed by atoms with Gasteiger partial charge in [0.25, 0.3) is 0 Å². The van der Waals surface area contributed by atoms with Crippen LogP contribution in [0.1, 0.15) is 24.2 Å². The summed E-state index contributed by atoms with van der Waals surface area (Å²) >= 11 is 0. The molecule has 0 saturated heterocycles. The lowest BCUT2D eigenvalue weighted by molar-refractivity contribution is 0.0458. The SMILES string of the molecule is CC(C)COC(=O)c1cccc([O])c1. The van der Waals surface area contributed by atoms with Gasteiger partial charge in [-0.3, -0.25) is 5.11 Å². The Morgan fingerprint density at radius 1 is 1.43 bits per heavy atom. The van der Waals surface area contributed by atoms with Crippen molar-refractivity contribution in [2.24, 2.45) is 5.92 Å². The number of hydrogen-bond donors (Lipinski definition) is 0. The minimum atomic E-state index is -0.434. The molecule has 0 spiro atoms. The van der Waals surface area contributed by atoms with Gasteiger partial charge in [-0.2, -0.15) is 0 Å². The minimum absolute atomic E-state index is 0.177. The number of ether oxygens (including phenoxy) is 1. The molecule has 0 fully saturated rings. The number of benzene rings is 1. The van der Waals surface area contributed by atoms with E-state index in [0.717, 1.165) is 0 Å². The second-order valence-electron chi connectivity index (χ2n) is 3.52. The number of carbonyl (C=O) groups is 1. The molecule has 0 unspecified atom stereocenters. The Hall–Kier alpha value is -1.51. The zero-order chi connectivity index (χ0) is 10.6. The van der Waals surface area contributed by atoms with Crippen LogP contribution >= 0.6 is 0 Å². The van der Waals surface area contributed by atoms with Crippen molar-refractivity contribution >= 4 is 5.97 Å². The first kappa shape index (κ1) is 10.6. The number of carbonyl (C=O) groups excluding carboxylic acids is 1. The normalized spacial score (nSPS) is 10.2. The summed E-state index contributed by atoms with van der Waals surface area (Å²) in [7, 11) is 0. The van der Waals surface area contributed by atoms with Crippen LogP contribution in [0.3, 0.4) is 0 Å². The molecule has 1 radical (unpaired) electrons. The highest BCUT2D eigenvalue weighted by Gasteiger charge is 2.08. The standard InChI is InChI=1S/C11H13O3/c1-8(2)7-14-11(13)9-4-3-5-10(12)6-9/h3-6,8H,7H2,1-2H3. The van der Waals surface area contributed by atoms with E-state index in [-0.39, 0.29) is 5.75 Å². The lowest BCUT2D eigenvalue weighted by atomic mass is 10.2. The molecule has 0 aliphatic heterocycles. The second-order valence-corrected chi connectivity index (χ2v) is 3.52. The van der Waals surface area contributed by atoms with Crippen molar-refractivity contribution in [3.63, 3.8) is 0 Å². The van der Waals surface area contributed by atoms with Crippen LogP contribution in [0.2, 0.25) is 0 Å². The van der Waals surface area contributed by atoms with Gasteiger partial charge in [0.05, 0.1) is 12.2 Å². The van der Waals surface area contributed by atoms with E-state index < -0.39 is 5.97 Å².